The largest absolute Gasteiger partial charge is 0.341 e. The van der Waals surface area contributed by atoms with Crippen LogP contribution in [0.1, 0.15) is 18.4 Å². The van der Waals surface area contributed by atoms with Crippen molar-refractivity contribution < 1.29 is 9.59 Å². The molecule has 1 atom stereocenters. The van der Waals surface area contributed by atoms with E-state index < -0.39 is 6.04 Å². The number of hydrogen-bond donors (Lipinski definition) is 1. The van der Waals surface area contributed by atoms with E-state index in [9.17, 15) is 9.59 Å². The first-order valence-corrected chi connectivity index (χ1v) is 7.60. The zero-order chi connectivity index (χ0) is 14.7. The molecule has 0 spiro atoms. The van der Waals surface area contributed by atoms with Gasteiger partial charge in [-0.3, -0.25) is 14.9 Å². The third kappa shape index (κ3) is 3.08. The molecule has 2 heterocycles. The number of rotatable bonds is 3. The first kappa shape index (κ1) is 14.1. The number of amides is 2. The van der Waals surface area contributed by atoms with Gasteiger partial charge < -0.3 is 9.80 Å². The lowest BCUT2D eigenvalue weighted by molar-refractivity contribution is -0.146. The molecule has 1 aromatic carbocycles. The van der Waals surface area contributed by atoms with Gasteiger partial charge in [0.25, 0.3) is 0 Å². The van der Waals surface area contributed by atoms with Gasteiger partial charge in [-0.05, 0) is 18.4 Å². The molecule has 0 aromatic heterocycles. The summed E-state index contributed by atoms with van der Waals surface area (Å²) >= 11 is 0. The Morgan fingerprint density at radius 2 is 1.86 bits per heavy atom. The molecule has 0 aliphatic carbocycles. The minimum Gasteiger partial charge on any atom is -0.341 e. The molecule has 5 nitrogen and oxygen atoms in total. The summed E-state index contributed by atoms with van der Waals surface area (Å²) in [6.45, 7) is 3.46. The Kier molecular flexibility index (Phi) is 4.20. The molecule has 0 radical (unpaired) electrons. The SMILES string of the molecule is O=C(C1NCCN(Cc2ccccc2)C1=O)N1CCCC1. The van der Waals surface area contributed by atoms with E-state index >= 15 is 0 Å². The van der Waals surface area contributed by atoms with E-state index in [1.807, 2.05) is 35.2 Å². The van der Waals surface area contributed by atoms with Crippen molar-refractivity contribution in [1.29, 1.82) is 0 Å². The Morgan fingerprint density at radius 1 is 1.14 bits per heavy atom. The monoisotopic (exact) mass is 287 g/mol. The molecule has 112 valence electrons. The van der Waals surface area contributed by atoms with Crippen molar-refractivity contribution in [3.05, 3.63) is 35.9 Å². The van der Waals surface area contributed by atoms with E-state index in [0.717, 1.165) is 31.5 Å². The van der Waals surface area contributed by atoms with E-state index in [1.165, 1.54) is 0 Å². The van der Waals surface area contributed by atoms with Gasteiger partial charge in [0.05, 0.1) is 0 Å². The van der Waals surface area contributed by atoms with E-state index in [0.29, 0.717) is 19.6 Å². The maximum atomic E-state index is 12.5. The Morgan fingerprint density at radius 3 is 2.57 bits per heavy atom. The Bertz CT molecular complexity index is 512. The predicted octanol–water partition coefficient (Wildman–Crippen LogP) is 0.609. The minimum atomic E-state index is -0.694. The molecule has 5 heteroatoms. The van der Waals surface area contributed by atoms with Crippen LogP contribution in [-0.4, -0.2) is 53.8 Å². The Hall–Kier alpha value is -1.88. The van der Waals surface area contributed by atoms with Crippen molar-refractivity contribution in [3.63, 3.8) is 0 Å². The van der Waals surface area contributed by atoms with E-state index in [-0.39, 0.29) is 11.8 Å². The summed E-state index contributed by atoms with van der Waals surface area (Å²) in [5.74, 6) is -0.155. The van der Waals surface area contributed by atoms with E-state index in [1.54, 1.807) is 4.90 Å². The second-order valence-electron chi connectivity index (χ2n) is 5.66. The quantitative estimate of drug-likeness (QED) is 0.829. The lowest BCUT2D eigenvalue weighted by atomic mass is 10.1. The number of benzene rings is 1. The molecule has 1 aromatic rings. The smallest absolute Gasteiger partial charge is 0.249 e. The van der Waals surface area contributed by atoms with Gasteiger partial charge in [-0.25, -0.2) is 0 Å². The molecular weight excluding hydrogens is 266 g/mol. The summed E-state index contributed by atoms with van der Waals surface area (Å²) in [7, 11) is 0. The average Bonchev–Trinajstić information content (AvgIpc) is 3.04. The molecule has 0 saturated carbocycles. The van der Waals surface area contributed by atoms with Crippen LogP contribution in [0.4, 0.5) is 0 Å². The van der Waals surface area contributed by atoms with Crippen LogP contribution in [0, 0.1) is 0 Å². The van der Waals surface area contributed by atoms with Crippen LogP contribution in [0.5, 0.6) is 0 Å². The number of carbonyl (C=O) groups excluding carboxylic acids is 2. The average molecular weight is 287 g/mol. The van der Waals surface area contributed by atoms with Crippen LogP contribution in [0.3, 0.4) is 0 Å². The highest BCUT2D eigenvalue weighted by atomic mass is 16.2. The van der Waals surface area contributed by atoms with Crippen LogP contribution in [0.2, 0.25) is 0 Å². The summed E-state index contributed by atoms with van der Waals surface area (Å²) in [6, 6.07) is 9.21. The van der Waals surface area contributed by atoms with Crippen LogP contribution in [0.15, 0.2) is 30.3 Å². The van der Waals surface area contributed by atoms with Crippen LogP contribution in [-0.2, 0) is 16.1 Å². The van der Waals surface area contributed by atoms with Gasteiger partial charge in [0.15, 0.2) is 6.04 Å². The normalized spacial score (nSPS) is 22.7. The zero-order valence-corrected chi connectivity index (χ0v) is 12.1. The number of likely N-dealkylation sites (tertiary alicyclic amines) is 1. The molecular formula is C16H21N3O2. The summed E-state index contributed by atoms with van der Waals surface area (Å²) in [4.78, 5) is 28.6. The standard InChI is InChI=1S/C16H21N3O2/c20-15(18-9-4-5-10-18)14-16(21)19(11-8-17-14)12-13-6-2-1-3-7-13/h1-3,6-7,14,17H,4-5,8-12H2. The molecule has 2 aliphatic heterocycles. The van der Waals surface area contributed by atoms with Gasteiger partial charge in [0.2, 0.25) is 11.8 Å². The van der Waals surface area contributed by atoms with Gasteiger partial charge in [-0.2, -0.15) is 0 Å². The predicted molar refractivity (Wildman–Crippen MR) is 79.5 cm³/mol. The maximum absolute atomic E-state index is 12.5. The molecule has 2 saturated heterocycles. The van der Waals surface area contributed by atoms with Crippen LogP contribution in [0.25, 0.3) is 0 Å². The molecule has 1 unspecified atom stereocenters. The third-order valence-corrected chi connectivity index (χ3v) is 4.17. The van der Waals surface area contributed by atoms with Crippen molar-refractivity contribution >= 4 is 11.8 Å². The highest BCUT2D eigenvalue weighted by Gasteiger charge is 2.36. The summed E-state index contributed by atoms with van der Waals surface area (Å²) in [6.07, 6.45) is 2.08. The second-order valence-corrected chi connectivity index (χ2v) is 5.66. The first-order chi connectivity index (χ1) is 10.3. The highest BCUT2D eigenvalue weighted by molar-refractivity contribution is 6.04. The van der Waals surface area contributed by atoms with Crippen molar-refractivity contribution in [2.24, 2.45) is 0 Å². The maximum Gasteiger partial charge on any atom is 0.249 e. The number of hydrogen-bond acceptors (Lipinski definition) is 3. The zero-order valence-electron chi connectivity index (χ0n) is 12.1. The van der Waals surface area contributed by atoms with Gasteiger partial charge >= 0.3 is 0 Å². The van der Waals surface area contributed by atoms with E-state index in [4.69, 9.17) is 0 Å². The molecule has 3 rings (SSSR count). The van der Waals surface area contributed by atoms with Crippen molar-refractivity contribution in [2.75, 3.05) is 26.2 Å². The van der Waals surface area contributed by atoms with Gasteiger partial charge in [-0.1, -0.05) is 30.3 Å². The third-order valence-electron chi connectivity index (χ3n) is 4.17. The second kappa shape index (κ2) is 6.26. The fourth-order valence-corrected chi connectivity index (χ4v) is 3.00. The van der Waals surface area contributed by atoms with Gasteiger partial charge in [-0.15, -0.1) is 0 Å². The number of nitrogens with zero attached hydrogens (tertiary/aromatic N) is 2. The highest BCUT2D eigenvalue weighted by Crippen LogP contribution is 2.14. The van der Waals surface area contributed by atoms with Crippen LogP contribution < -0.4 is 5.32 Å². The van der Waals surface area contributed by atoms with Crippen molar-refractivity contribution in [1.82, 2.24) is 15.1 Å². The lowest BCUT2D eigenvalue weighted by Crippen LogP contribution is -2.60. The summed E-state index contributed by atoms with van der Waals surface area (Å²) in [5.41, 5.74) is 1.10. The Balaban J connectivity index is 1.67. The first-order valence-electron chi connectivity index (χ1n) is 7.60. The molecule has 1 N–H and O–H groups in total. The minimum absolute atomic E-state index is 0.0599. The molecule has 0 bridgehead atoms. The summed E-state index contributed by atoms with van der Waals surface area (Å²) in [5, 5.41) is 3.08. The van der Waals surface area contributed by atoms with Gasteiger partial charge in [0.1, 0.15) is 0 Å². The fourth-order valence-electron chi connectivity index (χ4n) is 3.00. The van der Waals surface area contributed by atoms with Crippen molar-refractivity contribution in [2.45, 2.75) is 25.4 Å². The Labute approximate surface area is 124 Å². The molecule has 2 aliphatic rings. The molecule has 2 amide bonds. The van der Waals surface area contributed by atoms with Crippen molar-refractivity contribution in [3.8, 4) is 0 Å². The van der Waals surface area contributed by atoms with Crippen LogP contribution >= 0.6 is 0 Å². The summed E-state index contributed by atoms with van der Waals surface area (Å²) < 4.78 is 0. The number of piperazine rings is 1. The molecule has 2 fully saturated rings. The fraction of sp³-hybridized carbons (Fsp3) is 0.500. The lowest BCUT2D eigenvalue weighted by Gasteiger charge is -2.34. The van der Waals surface area contributed by atoms with Gasteiger partial charge in [0, 0.05) is 32.7 Å². The number of carbonyl (C=O) groups is 2. The van der Waals surface area contributed by atoms with E-state index in [2.05, 4.69) is 5.32 Å². The molecule has 21 heavy (non-hydrogen) atoms. The topological polar surface area (TPSA) is 52.7 Å². The number of nitrogens with one attached hydrogen (secondary N) is 1.